The first-order valence-corrected chi connectivity index (χ1v) is 7.25. The van der Waals surface area contributed by atoms with E-state index in [1.807, 2.05) is 0 Å². The molecule has 1 heterocycles. The van der Waals surface area contributed by atoms with Gasteiger partial charge in [-0.1, -0.05) is 0 Å². The van der Waals surface area contributed by atoms with Crippen molar-refractivity contribution < 1.29 is 32.8 Å². The monoisotopic (exact) mass is 282 g/mol. The number of rotatable bonds is 6. The SMILES string of the molecule is CC(C)OC(=O)CC1COP(=O)(OCCO)OC1. The highest BCUT2D eigenvalue weighted by molar-refractivity contribution is 7.48. The second kappa shape index (κ2) is 7.21. The van der Waals surface area contributed by atoms with E-state index in [2.05, 4.69) is 0 Å². The van der Waals surface area contributed by atoms with Crippen LogP contribution >= 0.6 is 7.82 Å². The van der Waals surface area contributed by atoms with E-state index in [1.165, 1.54) is 0 Å². The molecule has 0 bridgehead atoms. The fraction of sp³-hybridized carbons (Fsp3) is 0.900. The Bertz CT molecular complexity index is 305. The van der Waals surface area contributed by atoms with Gasteiger partial charge in [-0.3, -0.25) is 18.4 Å². The molecule has 0 unspecified atom stereocenters. The summed E-state index contributed by atoms with van der Waals surface area (Å²) in [5.41, 5.74) is 0. The first-order chi connectivity index (χ1) is 8.45. The molecular formula is C10H19O7P. The van der Waals surface area contributed by atoms with E-state index in [0.717, 1.165) is 0 Å². The van der Waals surface area contributed by atoms with Crippen molar-refractivity contribution in [3.8, 4) is 0 Å². The van der Waals surface area contributed by atoms with Crippen LogP contribution in [0.4, 0.5) is 0 Å². The lowest BCUT2D eigenvalue weighted by atomic mass is 10.1. The fourth-order valence-corrected chi connectivity index (χ4v) is 2.69. The Morgan fingerprint density at radius 3 is 2.56 bits per heavy atom. The number of esters is 1. The van der Waals surface area contributed by atoms with Crippen LogP contribution in [0.25, 0.3) is 0 Å². The number of hydrogen-bond acceptors (Lipinski definition) is 7. The van der Waals surface area contributed by atoms with Gasteiger partial charge in [0.2, 0.25) is 0 Å². The Morgan fingerprint density at radius 2 is 2.06 bits per heavy atom. The van der Waals surface area contributed by atoms with Crippen molar-refractivity contribution in [3.63, 3.8) is 0 Å². The molecule has 0 amide bonds. The number of carbonyl (C=O) groups is 1. The Kier molecular flexibility index (Phi) is 6.25. The van der Waals surface area contributed by atoms with Crippen LogP contribution in [0.3, 0.4) is 0 Å². The van der Waals surface area contributed by atoms with Crippen LogP contribution in [0, 0.1) is 5.92 Å². The molecule has 1 rings (SSSR count). The van der Waals surface area contributed by atoms with Crippen molar-refractivity contribution in [2.45, 2.75) is 26.4 Å². The minimum Gasteiger partial charge on any atom is -0.463 e. The molecule has 18 heavy (non-hydrogen) atoms. The van der Waals surface area contributed by atoms with Crippen molar-refractivity contribution in [1.29, 1.82) is 0 Å². The summed E-state index contributed by atoms with van der Waals surface area (Å²) in [6, 6.07) is 0. The Hall–Kier alpha value is -0.460. The average molecular weight is 282 g/mol. The summed E-state index contributed by atoms with van der Waals surface area (Å²) in [5.74, 6) is -0.536. The van der Waals surface area contributed by atoms with E-state index < -0.39 is 7.82 Å². The van der Waals surface area contributed by atoms with Crippen LogP contribution in [-0.4, -0.2) is 43.6 Å². The number of hydrogen-bond donors (Lipinski definition) is 1. The van der Waals surface area contributed by atoms with Gasteiger partial charge in [0.1, 0.15) is 0 Å². The summed E-state index contributed by atoms with van der Waals surface area (Å²) in [4.78, 5) is 11.4. The predicted molar refractivity (Wildman–Crippen MR) is 61.9 cm³/mol. The van der Waals surface area contributed by atoms with E-state index in [-0.39, 0.29) is 50.8 Å². The highest BCUT2D eigenvalue weighted by Crippen LogP contribution is 2.52. The molecule has 0 aromatic heterocycles. The number of phosphoric ester groups is 1. The molecule has 0 atom stereocenters. The molecule has 1 aliphatic rings. The lowest BCUT2D eigenvalue weighted by Gasteiger charge is -2.27. The second-order valence-corrected chi connectivity index (χ2v) is 5.87. The van der Waals surface area contributed by atoms with Gasteiger partial charge in [-0.05, 0) is 13.8 Å². The predicted octanol–water partition coefficient (Wildman–Crippen LogP) is 1.11. The number of aliphatic hydroxyl groups excluding tert-OH is 1. The van der Waals surface area contributed by atoms with Crippen LogP contribution < -0.4 is 0 Å². The van der Waals surface area contributed by atoms with Gasteiger partial charge in [-0.25, -0.2) is 4.57 Å². The molecule has 0 spiro atoms. The van der Waals surface area contributed by atoms with E-state index in [4.69, 9.17) is 23.4 Å². The van der Waals surface area contributed by atoms with Crippen LogP contribution in [0.1, 0.15) is 20.3 Å². The zero-order valence-electron chi connectivity index (χ0n) is 10.5. The zero-order chi connectivity index (χ0) is 13.6. The first-order valence-electron chi connectivity index (χ1n) is 5.79. The van der Waals surface area contributed by atoms with Crippen molar-refractivity contribution in [1.82, 2.24) is 0 Å². The van der Waals surface area contributed by atoms with E-state index >= 15 is 0 Å². The van der Waals surface area contributed by atoms with Crippen molar-refractivity contribution in [2.24, 2.45) is 5.92 Å². The molecule has 0 aromatic rings. The van der Waals surface area contributed by atoms with Gasteiger partial charge in [0.15, 0.2) is 0 Å². The number of phosphoric acid groups is 1. The molecule has 8 heteroatoms. The van der Waals surface area contributed by atoms with Crippen molar-refractivity contribution in [3.05, 3.63) is 0 Å². The van der Waals surface area contributed by atoms with Gasteiger partial charge in [-0.15, -0.1) is 0 Å². The van der Waals surface area contributed by atoms with Crippen molar-refractivity contribution in [2.75, 3.05) is 26.4 Å². The molecule has 0 aliphatic carbocycles. The van der Waals surface area contributed by atoms with E-state index in [1.54, 1.807) is 13.8 Å². The van der Waals surface area contributed by atoms with Gasteiger partial charge in [0.25, 0.3) is 0 Å². The third kappa shape index (κ3) is 5.46. The molecule has 0 radical (unpaired) electrons. The smallest absolute Gasteiger partial charge is 0.463 e. The summed E-state index contributed by atoms with van der Waals surface area (Å²) >= 11 is 0. The molecule has 1 fully saturated rings. The fourth-order valence-electron chi connectivity index (χ4n) is 1.37. The summed E-state index contributed by atoms with van der Waals surface area (Å²) in [7, 11) is -3.55. The maximum Gasteiger partial charge on any atom is 0.474 e. The van der Waals surface area contributed by atoms with Gasteiger partial charge in [0.05, 0.1) is 39.0 Å². The van der Waals surface area contributed by atoms with Crippen LogP contribution in [-0.2, 0) is 27.7 Å². The minimum absolute atomic E-state index is 0.107. The number of carbonyl (C=O) groups excluding carboxylic acids is 1. The topological polar surface area (TPSA) is 91.3 Å². The number of aliphatic hydroxyl groups is 1. The molecule has 0 aromatic carbocycles. The molecule has 1 aliphatic heterocycles. The molecular weight excluding hydrogens is 263 g/mol. The second-order valence-electron chi connectivity index (χ2n) is 4.20. The summed E-state index contributed by atoms with van der Waals surface area (Å²) in [5, 5.41) is 8.55. The molecule has 7 nitrogen and oxygen atoms in total. The highest BCUT2D eigenvalue weighted by atomic mass is 31.2. The summed E-state index contributed by atoms with van der Waals surface area (Å²) in [6.07, 6.45) is -0.0139. The van der Waals surface area contributed by atoms with Gasteiger partial charge in [-0.2, -0.15) is 0 Å². The Morgan fingerprint density at radius 1 is 1.44 bits per heavy atom. The van der Waals surface area contributed by atoms with Crippen molar-refractivity contribution >= 4 is 13.8 Å². The maximum absolute atomic E-state index is 11.7. The molecule has 1 N–H and O–H groups in total. The third-order valence-corrected chi connectivity index (χ3v) is 3.53. The first kappa shape index (κ1) is 15.6. The van der Waals surface area contributed by atoms with Crippen LogP contribution in [0.15, 0.2) is 0 Å². The van der Waals surface area contributed by atoms with E-state index in [0.29, 0.717) is 0 Å². The van der Waals surface area contributed by atoms with Gasteiger partial charge >= 0.3 is 13.8 Å². The lowest BCUT2D eigenvalue weighted by molar-refractivity contribution is -0.149. The maximum atomic E-state index is 11.7. The Balaban J connectivity index is 2.31. The molecule has 106 valence electrons. The zero-order valence-corrected chi connectivity index (χ0v) is 11.4. The molecule has 0 saturated carbocycles. The lowest BCUT2D eigenvalue weighted by Crippen LogP contribution is -2.26. The Labute approximate surface area is 106 Å². The summed E-state index contributed by atoms with van der Waals surface area (Å²) < 4.78 is 31.4. The minimum atomic E-state index is -3.55. The van der Waals surface area contributed by atoms with Crippen LogP contribution in [0.2, 0.25) is 0 Å². The van der Waals surface area contributed by atoms with E-state index in [9.17, 15) is 9.36 Å². The van der Waals surface area contributed by atoms with Gasteiger partial charge < -0.3 is 9.84 Å². The van der Waals surface area contributed by atoms with Crippen LogP contribution in [0.5, 0.6) is 0 Å². The largest absolute Gasteiger partial charge is 0.474 e. The quantitative estimate of drug-likeness (QED) is 0.576. The third-order valence-electron chi connectivity index (χ3n) is 2.10. The summed E-state index contributed by atoms with van der Waals surface area (Å²) in [6.45, 7) is 3.37. The van der Waals surface area contributed by atoms with Gasteiger partial charge in [0, 0.05) is 5.92 Å². The standard InChI is InChI=1S/C10H19O7P/c1-8(2)17-10(12)5-9-6-15-18(13,16-7-9)14-4-3-11/h8-9,11H,3-7H2,1-2H3. The molecule has 1 saturated heterocycles. The normalized spacial score (nSPS) is 28.3. The average Bonchev–Trinajstić information content (AvgIpc) is 2.29. The highest BCUT2D eigenvalue weighted by Gasteiger charge is 2.35. The number of ether oxygens (including phenoxy) is 1.